The Bertz CT molecular complexity index is 382. The Balaban J connectivity index is 2.37. The first-order chi connectivity index (χ1) is 7.10. The summed E-state index contributed by atoms with van der Waals surface area (Å²) < 4.78 is 1.10. The minimum Gasteiger partial charge on any atom is -0.315 e. The van der Waals surface area contributed by atoms with Crippen molar-refractivity contribution in [2.24, 2.45) is 5.73 Å². The SMILES string of the molecule is NC(NO)C1(c2ccc(I)cc2Cl)CC1. The van der Waals surface area contributed by atoms with Gasteiger partial charge in [0.1, 0.15) is 0 Å². The fourth-order valence-electron chi connectivity index (χ4n) is 1.90. The summed E-state index contributed by atoms with van der Waals surface area (Å²) >= 11 is 8.40. The first kappa shape index (κ1) is 11.6. The fourth-order valence-corrected chi connectivity index (χ4v) is 2.94. The summed E-state index contributed by atoms with van der Waals surface area (Å²) in [7, 11) is 0. The summed E-state index contributed by atoms with van der Waals surface area (Å²) in [6.45, 7) is 0. The maximum atomic E-state index is 8.90. The minimum atomic E-state index is -0.449. The van der Waals surface area contributed by atoms with Crippen molar-refractivity contribution >= 4 is 34.2 Å². The number of benzene rings is 1. The summed E-state index contributed by atoms with van der Waals surface area (Å²) in [5.41, 5.74) is 8.80. The molecule has 2 rings (SSSR count). The molecule has 1 saturated carbocycles. The Morgan fingerprint density at radius 1 is 1.53 bits per heavy atom. The molecule has 0 amide bonds. The molecule has 0 heterocycles. The van der Waals surface area contributed by atoms with Gasteiger partial charge >= 0.3 is 0 Å². The monoisotopic (exact) mass is 338 g/mol. The van der Waals surface area contributed by atoms with Crippen molar-refractivity contribution in [2.45, 2.75) is 24.4 Å². The third-order valence-electron chi connectivity index (χ3n) is 2.99. The van der Waals surface area contributed by atoms with Gasteiger partial charge in [0.15, 0.2) is 0 Å². The molecule has 1 aliphatic rings. The van der Waals surface area contributed by atoms with Crippen molar-refractivity contribution in [3.63, 3.8) is 0 Å². The van der Waals surface area contributed by atoms with Gasteiger partial charge in [0.2, 0.25) is 0 Å². The molecule has 1 aromatic carbocycles. The van der Waals surface area contributed by atoms with Crippen LogP contribution in [-0.2, 0) is 5.41 Å². The molecule has 0 bridgehead atoms. The molecule has 4 N–H and O–H groups in total. The average Bonchev–Trinajstić information content (AvgIpc) is 2.97. The topological polar surface area (TPSA) is 58.3 Å². The van der Waals surface area contributed by atoms with Gasteiger partial charge in [-0.2, -0.15) is 5.48 Å². The normalized spacial score (nSPS) is 20.0. The number of halogens is 2. The predicted octanol–water partition coefficient (Wildman–Crippen LogP) is 2.24. The van der Waals surface area contributed by atoms with Crippen molar-refractivity contribution in [3.05, 3.63) is 32.4 Å². The predicted molar refractivity (Wildman–Crippen MR) is 68.0 cm³/mol. The Hall–Kier alpha value is 0.120. The van der Waals surface area contributed by atoms with Crippen LogP contribution < -0.4 is 11.2 Å². The van der Waals surface area contributed by atoms with Crippen molar-refractivity contribution in [1.82, 2.24) is 5.48 Å². The molecule has 0 radical (unpaired) electrons. The van der Waals surface area contributed by atoms with Crippen LogP contribution in [0.2, 0.25) is 5.02 Å². The van der Waals surface area contributed by atoms with Crippen LogP contribution in [0.4, 0.5) is 0 Å². The summed E-state index contributed by atoms with van der Waals surface area (Å²) in [5.74, 6) is 0. The maximum absolute atomic E-state index is 8.90. The molecule has 1 atom stereocenters. The molecular formula is C10H12ClIN2O. The zero-order chi connectivity index (χ0) is 11.1. The van der Waals surface area contributed by atoms with Gasteiger partial charge in [-0.05, 0) is 53.1 Å². The second kappa shape index (κ2) is 4.18. The first-order valence-electron chi connectivity index (χ1n) is 4.71. The quantitative estimate of drug-likeness (QED) is 0.450. The molecule has 1 aromatic rings. The van der Waals surface area contributed by atoms with E-state index < -0.39 is 6.17 Å². The van der Waals surface area contributed by atoms with Crippen LogP contribution in [0.25, 0.3) is 0 Å². The molecule has 1 fully saturated rings. The highest BCUT2D eigenvalue weighted by atomic mass is 127. The number of hydroxylamine groups is 1. The second-order valence-corrected chi connectivity index (χ2v) is 5.54. The van der Waals surface area contributed by atoms with Gasteiger partial charge in [0, 0.05) is 14.0 Å². The van der Waals surface area contributed by atoms with Crippen LogP contribution in [0.15, 0.2) is 18.2 Å². The summed E-state index contributed by atoms with van der Waals surface area (Å²) in [6.07, 6.45) is 1.47. The minimum absolute atomic E-state index is 0.184. The van der Waals surface area contributed by atoms with Crippen LogP contribution in [0.3, 0.4) is 0 Å². The molecule has 3 nitrogen and oxygen atoms in total. The highest BCUT2D eigenvalue weighted by Gasteiger charge is 2.50. The number of nitrogens with two attached hydrogens (primary N) is 1. The lowest BCUT2D eigenvalue weighted by molar-refractivity contribution is 0.110. The average molecular weight is 339 g/mol. The second-order valence-electron chi connectivity index (χ2n) is 3.89. The van der Waals surface area contributed by atoms with E-state index in [1.165, 1.54) is 0 Å². The highest BCUT2D eigenvalue weighted by molar-refractivity contribution is 14.1. The molecule has 1 unspecified atom stereocenters. The van der Waals surface area contributed by atoms with Crippen LogP contribution in [-0.4, -0.2) is 11.4 Å². The lowest BCUT2D eigenvalue weighted by Gasteiger charge is -2.23. The van der Waals surface area contributed by atoms with Gasteiger partial charge in [0.05, 0.1) is 6.17 Å². The number of hydrogen-bond acceptors (Lipinski definition) is 3. The molecule has 0 saturated heterocycles. The summed E-state index contributed by atoms with van der Waals surface area (Å²) in [6, 6.07) is 5.92. The van der Waals surface area contributed by atoms with Crippen molar-refractivity contribution in [1.29, 1.82) is 0 Å². The van der Waals surface area contributed by atoms with Crippen LogP contribution in [0.1, 0.15) is 18.4 Å². The molecule has 0 aromatic heterocycles. The lowest BCUT2D eigenvalue weighted by Crippen LogP contribution is -2.45. The van der Waals surface area contributed by atoms with E-state index in [2.05, 4.69) is 28.1 Å². The summed E-state index contributed by atoms with van der Waals surface area (Å²) in [4.78, 5) is 0. The Morgan fingerprint density at radius 3 is 2.67 bits per heavy atom. The van der Waals surface area contributed by atoms with E-state index in [9.17, 15) is 0 Å². The lowest BCUT2D eigenvalue weighted by atomic mass is 9.93. The van der Waals surface area contributed by atoms with Gasteiger partial charge in [0.25, 0.3) is 0 Å². The Kier molecular flexibility index (Phi) is 3.23. The van der Waals surface area contributed by atoms with Crippen LogP contribution >= 0.6 is 34.2 Å². The van der Waals surface area contributed by atoms with Gasteiger partial charge in [-0.3, -0.25) is 0 Å². The van der Waals surface area contributed by atoms with E-state index in [4.69, 9.17) is 22.5 Å². The molecule has 1 aliphatic carbocycles. The zero-order valence-corrected chi connectivity index (χ0v) is 10.9. The third-order valence-corrected chi connectivity index (χ3v) is 3.97. The van der Waals surface area contributed by atoms with Crippen molar-refractivity contribution in [3.8, 4) is 0 Å². The number of rotatable bonds is 3. The fraction of sp³-hybridized carbons (Fsp3) is 0.400. The first-order valence-corrected chi connectivity index (χ1v) is 6.16. The van der Waals surface area contributed by atoms with Gasteiger partial charge < -0.3 is 10.9 Å². The largest absolute Gasteiger partial charge is 0.315 e. The number of nitrogens with one attached hydrogen (secondary N) is 1. The van der Waals surface area contributed by atoms with E-state index >= 15 is 0 Å². The molecular weight excluding hydrogens is 326 g/mol. The smallest absolute Gasteiger partial charge is 0.0883 e. The molecule has 0 aliphatic heterocycles. The van der Waals surface area contributed by atoms with Crippen LogP contribution in [0, 0.1) is 3.57 Å². The standard InChI is InChI=1S/C10H12ClIN2O/c11-8-5-6(12)1-2-7(8)10(3-4-10)9(13)14-15/h1-2,5,9,14-15H,3-4,13H2. The summed E-state index contributed by atoms with van der Waals surface area (Å²) in [5, 5.41) is 9.62. The highest BCUT2D eigenvalue weighted by Crippen LogP contribution is 2.51. The van der Waals surface area contributed by atoms with Crippen molar-refractivity contribution in [2.75, 3.05) is 0 Å². The maximum Gasteiger partial charge on any atom is 0.0883 e. The molecule has 15 heavy (non-hydrogen) atoms. The number of hydrogen-bond donors (Lipinski definition) is 3. The zero-order valence-electron chi connectivity index (χ0n) is 8.00. The van der Waals surface area contributed by atoms with E-state index in [0.29, 0.717) is 0 Å². The Morgan fingerprint density at radius 2 is 2.20 bits per heavy atom. The van der Waals surface area contributed by atoms with Gasteiger partial charge in [-0.25, -0.2) is 0 Å². The molecule has 5 heteroatoms. The van der Waals surface area contributed by atoms with E-state index in [1.807, 2.05) is 18.2 Å². The molecule has 0 spiro atoms. The van der Waals surface area contributed by atoms with E-state index in [0.717, 1.165) is 27.0 Å². The van der Waals surface area contributed by atoms with Crippen LogP contribution in [0.5, 0.6) is 0 Å². The van der Waals surface area contributed by atoms with E-state index in [-0.39, 0.29) is 5.41 Å². The van der Waals surface area contributed by atoms with Gasteiger partial charge in [-0.15, -0.1) is 0 Å². The third kappa shape index (κ3) is 2.01. The molecule has 82 valence electrons. The van der Waals surface area contributed by atoms with Crippen molar-refractivity contribution < 1.29 is 5.21 Å². The Labute approximate surface area is 107 Å². The van der Waals surface area contributed by atoms with E-state index in [1.54, 1.807) is 0 Å². The van der Waals surface area contributed by atoms with Gasteiger partial charge in [-0.1, -0.05) is 17.7 Å².